The van der Waals surface area contributed by atoms with Crippen molar-refractivity contribution in [2.75, 3.05) is 25.0 Å². The first kappa shape index (κ1) is 18.2. The number of aromatic nitrogens is 3. The molecule has 3 aromatic rings. The van der Waals surface area contributed by atoms with Gasteiger partial charge in [0.1, 0.15) is 5.82 Å². The molecular formula is C22H25N5O. The van der Waals surface area contributed by atoms with Crippen molar-refractivity contribution in [3.05, 3.63) is 72.7 Å². The largest absolute Gasteiger partial charge is 0.356 e. The van der Waals surface area contributed by atoms with E-state index >= 15 is 0 Å². The van der Waals surface area contributed by atoms with Gasteiger partial charge in [0.25, 0.3) is 0 Å². The van der Waals surface area contributed by atoms with Crippen LogP contribution in [0.3, 0.4) is 0 Å². The maximum atomic E-state index is 13.0. The number of carbonyl (C=O) groups is 1. The lowest BCUT2D eigenvalue weighted by Crippen LogP contribution is -2.43. The fraction of sp³-hybridized carbons (Fsp3) is 0.318. The summed E-state index contributed by atoms with van der Waals surface area (Å²) in [6, 6.07) is 15.9. The molecule has 1 fully saturated rings. The summed E-state index contributed by atoms with van der Waals surface area (Å²) in [4.78, 5) is 21.5. The van der Waals surface area contributed by atoms with E-state index in [-0.39, 0.29) is 11.8 Å². The van der Waals surface area contributed by atoms with Gasteiger partial charge in [-0.25, -0.2) is 9.67 Å². The van der Waals surface area contributed by atoms with Gasteiger partial charge in [-0.1, -0.05) is 24.3 Å². The van der Waals surface area contributed by atoms with E-state index in [1.54, 1.807) is 6.20 Å². The van der Waals surface area contributed by atoms with Crippen molar-refractivity contribution in [2.45, 2.75) is 19.4 Å². The molecule has 28 heavy (non-hydrogen) atoms. The molecule has 6 nitrogen and oxygen atoms in total. The second-order valence-corrected chi connectivity index (χ2v) is 7.30. The smallest absolute Gasteiger partial charge is 0.227 e. The van der Waals surface area contributed by atoms with Crippen LogP contribution in [0.4, 0.5) is 5.82 Å². The minimum atomic E-state index is 0.00456. The molecule has 3 heterocycles. The zero-order valence-electron chi connectivity index (χ0n) is 16.1. The summed E-state index contributed by atoms with van der Waals surface area (Å²) in [6.45, 7) is 2.24. The molecule has 4 rings (SSSR count). The van der Waals surface area contributed by atoms with Gasteiger partial charge in [-0.05, 0) is 37.1 Å². The van der Waals surface area contributed by atoms with Gasteiger partial charge in [-0.15, -0.1) is 0 Å². The number of pyridine rings is 1. The van der Waals surface area contributed by atoms with Gasteiger partial charge in [0, 0.05) is 44.6 Å². The molecule has 0 spiro atoms. The number of piperidine rings is 1. The Morgan fingerprint density at radius 2 is 2.00 bits per heavy atom. The van der Waals surface area contributed by atoms with Crippen molar-refractivity contribution in [1.82, 2.24) is 19.7 Å². The van der Waals surface area contributed by atoms with E-state index < -0.39 is 0 Å². The molecule has 0 saturated carbocycles. The normalized spacial score (nSPS) is 16.8. The number of benzene rings is 1. The highest BCUT2D eigenvalue weighted by atomic mass is 16.2. The predicted molar refractivity (Wildman–Crippen MR) is 109 cm³/mol. The van der Waals surface area contributed by atoms with E-state index in [0.29, 0.717) is 6.54 Å². The molecule has 144 valence electrons. The van der Waals surface area contributed by atoms with Gasteiger partial charge in [0.05, 0.1) is 17.8 Å². The van der Waals surface area contributed by atoms with Crippen molar-refractivity contribution < 1.29 is 4.79 Å². The van der Waals surface area contributed by atoms with Crippen molar-refractivity contribution in [3.63, 3.8) is 0 Å². The Labute approximate surface area is 165 Å². The highest BCUT2D eigenvalue weighted by Gasteiger charge is 2.28. The van der Waals surface area contributed by atoms with Crippen LogP contribution in [0.15, 0.2) is 67.1 Å². The van der Waals surface area contributed by atoms with Crippen LogP contribution in [0.5, 0.6) is 0 Å². The standard InChI is InChI=1S/C22H25N5O/c1-25(15-18-14-24-27(16-18)20-9-3-2-4-10-20)22(28)19-8-7-13-26(17-19)21-11-5-6-12-23-21/h2-6,9-12,14,16,19H,7-8,13,15,17H2,1H3. The third-order valence-corrected chi connectivity index (χ3v) is 5.20. The molecule has 1 aliphatic heterocycles. The van der Waals surface area contributed by atoms with Crippen LogP contribution in [0.2, 0.25) is 0 Å². The zero-order chi connectivity index (χ0) is 19.3. The van der Waals surface area contributed by atoms with Gasteiger partial charge in [-0.3, -0.25) is 4.79 Å². The van der Waals surface area contributed by atoms with E-state index in [2.05, 4.69) is 15.0 Å². The number of para-hydroxylation sites is 1. The molecule has 2 aromatic heterocycles. The van der Waals surface area contributed by atoms with Crippen LogP contribution in [-0.4, -0.2) is 45.7 Å². The van der Waals surface area contributed by atoms with E-state index in [1.807, 2.05) is 77.6 Å². The molecule has 1 saturated heterocycles. The quantitative estimate of drug-likeness (QED) is 0.687. The summed E-state index contributed by atoms with van der Waals surface area (Å²) in [5.41, 5.74) is 2.04. The second kappa shape index (κ2) is 8.25. The van der Waals surface area contributed by atoms with Gasteiger partial charge >= 0.3 is 0 Å². The van der Waals surface area contributed by atoms with Crippen molar-refractivity contribution in [3.8, 4) is 5.69 Å². The van der Waals surface area contributed by atoms with Gasteiger partial charge in [-0.2, -0.15) is 5.10 Å². The molecule has 0 bridgehead atoms. The Balaban J connectivity index is 1.39. The van der Waals surface area contributed by atoms with Crippen molar-refractivity contribution >= 4 is 11.7 Å². The van der Waals surface area contributed by atoms with Gasteiger partial charge in [0.15, 0.2) is 0 Å². The van der Waals surface area contributed by atoms with E-state index in [4.69, 9.17) is 0 Å². The maximum absolute atomic E-state index is 13.0. The summed E-state index contributed by atoms with van der Waals surface area (Å²) < 4.78 is 1.84. The van der Waals surface area contributed by atoms with Crippen molar-refractivity contribution in [1.29, 1.82) is 0 Å². The van der Waals surface area contributed by atoms with Crippen LogP contribution >= 0.6 is 0 Å². The highest BCUT2D eigenvalue weighted by Crippen LogP contribution is 2.23. The second-order valence-electron chi connectivity index (χ2n) is 7.30. The highest BCUT2D eigenvalue weighted by molar-refractivity contribution is 5.79. The molecule has 1 atom stereocenters. The first-order valence-corrected chi connectivity index (χ1v) is 9.70. The Bertz CT molecular complexity index is 909. The first-order valence-electron chi connectivity index (χ1n) is 9.70. The number of carbonyl (C=O) groups excluding carboxylic acids is 1. The van der Waals surface area contributed by atoms with Crippen LogP contribution in [-0.2, 0) is 11.3 Å². The lowest BCUT2D eigenvalue weighted by atomic mass is 9.96. The fourth-order valence-corrected chi connectivity index (χ4v) is 3.75. The molecule has 0 aliphatic carbocycles. The molecule has 0 N–H and O–H groups in total. The predicted octanol–water partition coefficient (Wildman–Crippen LogP) is 3.14. The Morgan fingerprint density at radius 3 is 2.79 bits per heavy atom. The summed E-state index contributed by atoms with van der Waals surface area (Å²) in [7, 11) is 1.88. The molecular weight excluding hydrogens is 350 g/mol. The minimum absolute atomic E-state index is 0.00456. The van der Waals surface area contributed by atoms with Crippen LogP contribution < -0.4 is 4.90 Å². The Morgan fingerprint density at radius 1 is 1.18 bits per heavy atom. The third-order valence-electron chi connectivity index (χ3n) is 5.20. The molecule has 1 unspecified atom stereocenters. The molecule has 1 aromatic carbocycles. The lowest BCUT2D eigenvalue weighted by Gasteiger charge is -2.34. The number of anilines is 1. The summed E-state index contributed by atoms with van der Waals surface area (Å²) in [6.07, 6.45) is 7.55. The Kier molecular flexibility index (Phi) is 5.37. The average molecular weight is 375 g/mol. The van der Waals surface area contributed by atoms with Crippen LogP contribution in [0.25, 0.3) is 5.69 Å². The third kappa shape index (κ3) is 4.06. The number of nitrogens with zero attached hydrogens (tertiary/aromatic N) is 5. The maximum Gasteiger partial charge on any atom is 0.227 e. The monoisotopic (exact) mass is 375 g/mol. The summed E-state index contributed by atoms with van der Waals surface area (Å²) in [5.74, 6) is 1.14. The Hall–Kier alpha value is -3.15. The molecule has 1 aliphatic rings. The van der Waals surface area contributed by atoms with Crippen LogP contribution in [0, 0.1) is 5.92 Å². The van der Waals surface area contributed by atoms with Crippen LogP contribution in [0.1, 0.15) is 18.4 Å². The lowest BCUT2D eigenvalue weighted by molar-refractivity contribution is -0.135. The molecule has 0 radical (unpaired) electrons. The minimum Gasteiger partial charge on any atom is -0.356 e. The summed E-state index contributed by atoms with van der Waals surface area (Å²) >= 11 is 0. The number of amides is 1. The molecule has 1 amide bonds. The van der Waals surface area contributed by atoms with E-state index in [0.717, 1.165) is 43.0 Å². The fourth-order valence-electron chi connectivity index (χ4n) is 3.75. The van der Waals surface area contributed by atoms with E-state index in [9.17, 15) is 4.79 Å². The van der Waals surface area contributed by atoms with E-state index in [1.165, 1.54) is 0 Å². The summed E-state index contributed by atoms with van der Waals surface area (Å²) in [5, 5.41) is 4.43. The van der Waals surface area contributed by atoms with Gasteiger partial charge in [0.2, 0.25) is 5.91 Å². The average Bonchev–Trinajstić information content (AvgIpc) is 3.23. The van der Waals surface area contributed by atoms with Crippen molar-refractivity contribution in [2.24, 2.45) is 5.92 Å². The number of rotatable bonds is 5. The SMILES string of the molecule is CN(Cc1cnn(-c2ccccc2)c1)C(=O)C1CCCN(c2ccccn2)C1. The first-order chi connectivity index (χ1) is 13.7. The topological polar surface area (TPSA) is 54.3 Å². The number of hydrogen-bond acceptors (Lipinski definition) is 4. The molecule has 6 heteroatoms. The number of hydrogen-bond donors (Lipinski definition) is 0. The van der Waals surface area contributed by atoms with Gasteiger partial charge < -0.3 is 9.80 Å². The zero-order valence-corrected chi connectivity index (χ0v) is 16.1.